The van der Waals surface area contributed by atoms with Gasteiger partial charge >= 0.3 is 0 Å². The third-order valence-electron chi connectivity index (χ3n) is 1.07. The van der Waals surface area contributed by atoms with Crippen molar-refractivity contribution in [3.05, 3.63) is 24.5 Å². The maximum Gasteiger partial charge on any atom is 0.0851 e. The van der Waals surface area contributed by atoms with E-state index in [0.29, 0.717) is 5.76 Å². The Labute approximate surface area is 56.7 Å². The van der Waals surface area contributed by atoms with E-state index >= 15 is 0 Å². The minimum atomic E-state index is 0.291. The van der Waals surface area contributed by atoms with Gasteiger partial charge in [0, 0.05) is 6.42 Å². The van der Waals surface area contributed by atoms with Gasteiger partial charge in [0.2, 0.25) is 0 Å². The highest BCUT2D eigenvalue weighted by atomic mass is 16.3. The van der Waals surface area contributed by atoms with Gasteiger partial charge in [-0.25, -0.2) is 0 Å². The van der Waals surface area contributed by atoms with Gasteiger partial charge in [-0.1, -0.05) is 18.7 Å². The van der Waals surface area contributed by atoms with Crippen LogP contribution in [0.25, 0.3) is 0 Å². The third-order valence-corrected chi connectivity index (χ3v) is 1.07. The lowest BCUT2D eigenvalue weighted by molar-refractivity contribution is 0.387. The monoisotopic (exact) mass is 126 g/mol. The Morgan fingerprint density at radius 2 is 2.33 bits per heavy atom. The largest absolute Gasteiger partial charge is 0.513 e. The van der Waals surface area contributed by atoms with Crippen LogP contribution < -0.4 is 0 Å². The number of allylic oxidation sites excluding steroid dienone is 3. The summed E-state index contributed by atoms with van der Waals surface area (Å²) in [5.74, 6) is 0.291. The fourth-order valence-electron chi connectivity index (χ4n) is 0.591. The summed E-state index contributed by atoms with van der Waals surface area (Å²) < 4.78 is 0. The molecule has 0 bridgehead atoms. The van der Waals surface area contributed by atoms with Crippen LogP contribution in [-0.2, 0) is 0 Å². The average molecular weight is 126 g/mol. The normalized spacial score (nSPS) is 10.3. The molecular formula is C8H14O. The van der Waals surface area contributed by atoms with E-state index in [2.05, 4.69) is 12.7 Å². The molecular weight excluding hydrogens is 112 g/mol. The topological polar surface area (TPSA) is 20.2 Å². The lowest BCUT2D eigenvalue weighted by Crippen LogP contribution is -1.76. The molecule has 0 radical (unpaired) electrons. The lowest BCUT2D eigenvalue weighted by atomic mass is 10.2. The zero-order chi connectivity index (χ0) is 7.11. The van der Waals surface area contributed by atoms with E-state index in [1.165, 1.54) is 0 Å². The Morgan fingerprint density at radius 1 is 1.67 bits per heavy atom. The van der Waals surface area contributed by atoms with Gasteiger partial charge in [0.25, 0.3) is 0 Å². The molecule has 0 aromatic heterocycles. The molecule has 0 aliphatic heterocycles. The predicted octanol–water partition coefficient (Wildman–Crippen LogP) is 2.80. The molecule has 0 aliphatic rings. The number of unbranched alkanes of at least 4 members (excludes halogenated alkanes) is 1. The molecule has 9 heavy (non-hydrogen) atoms. The van der Waals surface area contributed by atoms with Crippen molar-refractivity contribution in [2.24, 2.45) is 0 Å². The van der Waals surface area contributed by atoms with E-state index in [1.807, 2.05) is 13.0 Å². The molecule has 1 heteroatoms. The van der Waals surface area contributed by atoms with Crippen molar-refractivity contribution in [2.75, 3.05) is 0 Å². The molecule has 0 rings (SSSR count). The van der Waals surface area contributed by atoms with Crippen LogP contribution in [-0.4, -0.2) is 5.11 Å². The van der Waals surface area contributed by atoms with Crippen LogP contribution in [0.15, 0.2) is 24.5 Å². The van der Waals surface area contributed by atoms with E-state index < -0.39 is 0 Å². The van der Waals surface area contributed by atoms with Crippen molar-refractivity contribution in [3.8, 4) is 0 Å². The Bertz CT molecular complexity index is 103. The lowest BCUT2D eigenvalue weighted by Gasteiger charge is -1.92. The highest BCUT2D eigenvalue weighted by Crippen LogP contribution is 2.01. The van der Waals surface area contributed by atoms with Gasteiger partial charge < -0.3 is 5.11 Å². The molecule has 0 amide bonds. The summed E-state index contributed by atoms with van der Waals surface area (Å²) in [7, 11) is 0. The molecule has 0 saturated carbocycles. The van der Waals surface area contributed by atoms with Gasteiger partial charge in [0.15, 0.2) is 0 Å². The van der Waals surface area contributed by atoms with E-state index in [0.717, 1.165) is 19.3 Å². The molecule has 0 spiro atoms. The van der Waals surface area contributed by atoms with Crippen molar-refractivity contribution in [1.29, 1.82) is 0 Å². The molecule has 0 saturated heterocycles. The van der Waals surface area contributed by atoms with E-state index in [9.17, 15) is 0 Å². The molecule has 0 heterocycles. The van der Waals surface area contributed by atoms with Crippen LogP contribution in [0, 0.1) is 0 Å². The third kappa shape index (κ3) is 7.28. The predicted molar refractivity (Wildman–Crippen MR) is 40.4 cm³/mol. The van der Waals surface area contributed by atoms with Crippen molar-refractivity contribution >= 4 is 0 Å². The van der Waals surface area contributed by atoms with Gasteiger partial charge in [0.05, 0.1) is 5.76 Å². The van der Waals surface area contributed by atoms with Crippen LogP contribution in [0.5, 0.6) is 0 Å². The Morgan fingerprint density at radius 3 is 2.78 bits per heavy atom. The van der Waals surface area contributed by atoms with Crippen molar-refractivity contribution in [3.63, 3.8) is 0 Å². The number of aliphatic hydroxyl groups is 1. The van der Waals surface area contributed by atoms with E-state index in [4.69, 9.17) is 5.11 Å². The second kappa shape index (κ2) is 5.42. The maximum absolute atomic E-state index is 8.63. The second-order valence-corrected chi connectivity index (χ2v) is 2.03. The van der Waals surface area contributed by atoms with E-state index in [1.54, 1.807) is 0 Å². The van der Waals surface area contributed by atoms with Crippen molar-refractivity contribution in [2.45, 2.75) is 26.2 Å². The molecule has 0 aliphatic carbocycles. The first-order valence-corrected chi connectivity index (χ1v) is 3.25. The number of hydrogen-bond acceptors (Lipinski definition) is 1. The number of hydrogen-bond donors (Lipinski definition) is 1. The SMILES string of the molecule is C=C(O)CCC/C=C\C. The molecule has 1 N–H and O–H groups in total. The molecule has 0 fully saturated rings. The number of rotatable bonds is 4. The summed E-state index contributed by atoms with van der Waals surface area (Å²) in [4.78, 5) is 0. The summed E-state index contributed by atoms with van der Waals surface area (Å²) in [6, 6.07) is 0. The molecule has 52 valence electrons. The highest BCUT2D eigenvalue weighted by molar-refractivity contribution is 4.82. The molecule has 0 atom stereocenters. The summed E-state index contributed by atoms with van der Waals surface area (Å²) >= 11 is 0. The first-order valence-electron chi connectivity index (χ1n) is 3.25. The van der Waals surface area contributed by atoms with Crippen LogP contribution >= 0.6 is 0 Å². The molecule has 0 aromatic carbocycles. The maximum atomic E-state index is 8.63. The van der Waals surface area contributed by atoms with Crippen molar-refractivity contribution in [1.82, 2.24) is 0 Å². The minimum absolute atomic E-state index is 0.291. The average Bonchev–Trinajstić information content (AvgIpc) is 1.80. The van der Waals surface area contributed by atoms with Crippen molar-refractivity contribution < 1.29 is 5.11 Å². The summed E-state index contributed by atoms with van der Waals surface area (Å²) in [6.45, 7) is 5.38. The fraction of sp³-hybridized carbons (Fsp3) is 0.500. The Balaban J connectivity index is 3.01. The molecule has 1 nitrogen and oxygen atoms in total. The van der Waals surface area contributed by atoms with E-state index in [-0.39, 0.29) is 0 Å². The smallest absolute Gasteiger partial charge is 0.0851 e. The van der Waals surface area contributed by atoms with Gasteiger partial charge in [-0.05, 0) is 19.8 Å². The van der Waals surface area contributed by atoms with Crippen LogP contribution in [0.3, 0.4) is 0 Å². The van der Waals surface area contributed by atoms with Gasteiger partial charge in [0.1, 0.15) is 0 Å². The standard InChI is InChI=1S/C8H14O/c1-3-4-5-6-7-8(2)9/h3-4,9H,2,5-7H2,1H3/b4-3-. The minimum Gasteiger partial charge on any atom is -0.513 e. The quantitative estimate of drug-likeness (QED) is 0.349. The Hall–Kier alpha value is -0.720. The molecule has 0 aromatic rings. The summed E-state index contributed by atoms with van der Waals surface area (Å²) in [5, 5.41) is 8.63. The van der Waals surface area contributed by atoms with Gasteiger partial charge in [-0.15, -0.1) is 0 Å². The Kier molecular flexibility index (Phi) is 4.98. The first-order chi connectivity index (χ1) is 4.27. The second-order valence-electron chi connectivity index (χ2n) is 2.03. The summed E-state index contributed by atoms with van der Waals surface area (Å²) in [5.41, 5.74) is 0. The highest BCUT2D eigenvalue weighted by Gasteiger charge is 1.85. The number of aliphatic hydroxyl groups excluding tert-OH is 1. The van der Waals surface area contributed by atoms with Crippen LogP contribution in [0.2, 0.25) is 0 Å². The van der Waals surface area contributed by atoms with Crippen LogP contribution in [0.1, 0.15) is 26.2 Å². The van der Waals surface area contributed by atoms with Gasteiger partial charge in [-0.3, -0.25) is 0 Å². The summed E-state index contributed by atoms with van der Waals surface area (Å²) in [6.07, 6.45) is 6.86. The molecule has 0 unspecified atom stereocenters. The zero-order valence-corrected chi connectivity index (χ0v) is 5.93. The van der Waals surface area contributed by atoms with Gasteiger partial charge in [-0.2, -0.15) is 0 Å². The zero-order valence-electron chi connectivity index (χ0n) is 5.93. The van der Waals surface area contributed by atoms with Crippen LogP contribution in [0.4, 0.5) is 0 Å². The fourth-order valence-corrected chi connectivity index (χ4v) is 0.591. The first kappa shape index (κ1) is 8.28.